The molecule has 0 amide bonds. The maximum Gasteiger partial charge on any atom is 0.211 e. The van der Waals surface area contributed by atoms with Gasteiger partial charge in [-0.25, -0.2) is 12.7 Å². The molecule has 0 atom stereocenters. The van der Waals surface area contributed by atoms with Gasteiger partial charge in [-0.2, -0.15) is 0 Å². The van der Waals surface area contributed by atoms with Crippen molar-refractivity contribution in [1.82, 2.24) is 9.62 Å². The number of ether oxygens (including phenoxy) is 1. The summed E-state index contributed by atoms with van der Waals surface area (Å²) in [4.78, 5) is 0. The van der Waals surface area contributed by atoms with Crippen LogP contribution in [0.5, 0.6) is 5.75 Å². The van der Waals surface area contributed by atoms with E-state index in [4.69, 9.17) is 4.74 Å². The van der Waals surface area contributed by atoms with E-state index in [0.29, 0.717) is 25.7 Å². The Morgan fingerprint density at radius 2 is 2.00 bits per heavy atom. The van der Waals surface area contributed by atoms with Crippen molar-refractivity contribution < 1.29 is 13.2 Å². The predicted molar refractivity (Wildman–Crippen MR) is 93.0 cm³/mol. The van der Waals surface area contributed by atoms with Gasteiger partial charge >= 0.3 is 0 Å². The van der Waals surface area contributed by atoms with Gasteiger partial charge < -0.3 is 10.1 Å². The number of nitrogens with zero attached hydrogens (tertiary/aromatic N) is 1. The Hall–Kier alpha value is -1.37. The first-order chi connectivity index (χ1) is 10.9. The third kappa shape index (κ3) is 5.64. The van der Waals surface area contributed by atoms with E-state index in [1.54, 1.807) is 4.31 Å². The first-order valence-electron chi connectivity index (χ1n) is 7.90. The number of hydrogen-bond acceptors (Lipinski definition) is 4. The molecule has 2 rings (SSSR count). The molecule has 0 aliphatic carbocycles. The second kappa shape index (κ2) is 7.95. The maximum atomic E-state index is 11.5. The highest BCUT2D eigenvalue weighted by Gasteiger charge is 2.24. The summed E-state index contributed by atoms with van der Waals surface area (Å²) >= 11 is 0. The number of piperidine rings is 1. The van der Waals surface area contributed by atoms with Crippen LogP contribution in [-0.2, 0) is 16.6 Å². The smallest absolute Gasteiger partial charge is 0.211 e. The van der Waals surface area contributed by atoms with E-state index in [2.05, 4.69) is 11.9 Å². The normalized spacial score (nSPS) is 17.1. The molecule has 1 aliphatic rings. The lowest BCUT2D eigenvalue weighted by atomic mass is 10.1. The second-order valence-electron chi connectivity index (χ2n) is 6.17. The Morgan fingerprint density at radius 3 is 2.61 bits per heavy atom. The van der Waals surface area contributed by atoms with Crippen LogP contribution in [0, 0.1) is 0 Å². The number of para-hydroxylation sites is 1. The van der Waals surface area contributed by atoms with Crippen molar-refractivity contribution in [3.05, 3.63) is 42.0 Å². The van der Waals surface area contributed by atoms with Crippen LogP contribution >= 0.6 is 0 Å². The number of rotatable bonds is 7. The van der Waals surface area contributed by atoms with E-state index >= 15 is 0 Å². The molecule has 6 heteroatoms. The molecule has 1 aromatic rings. The molecule has 0 aromatic heterocycles. The zero-order valence-electron chi connectivity index (χ0n) is 13.9. The molecule has 1 aliphatic heterocycles. The summed E-state index contributed by atoms with van der Waals surface area (Å²) in [7, 11) is -3.06. The minimum absolute atomic E-state index is 0.335. The van der Waals surface area contributed by atoms with Crippen LogP contribution in [0.15, 0.2) is 36.4 Å². The summed E-state index contributed by atoms with van der Waals surface area (Å²) in [5, 5.41) is 3.51. The van der Waals surface area contributed by atoms with Gasteiger partial charge in [0.05, 0.1) is 6.26 Å². The zero-order chi connectivity index (χ0) is 16.9. The lowest BCUT2D eigenvalue weighted by Gasteiger charge is -2.30. The molecule has 1 N–H and O–H groups in total. The lowest BCUT2D eigenvalue weighted by molar-refractivity contribution is 0.288. The van der Waals surface area contributed by atoms with Crippen LogP contribution in [-0.4, -0.2) is 44.7 Å². The van der Waals surface area contributed by atoms with Crippen LogP contribution in [0.2, 0.25) is 0 Å². The molecule has 1 fully saturated rings. The van der Waals surface area contributed by atoms with Crippen molar-refractivity contribution >= 4 is 10.0 Å². The quantitative estimate of drug-likeness (QED) is 0.774. The topological polar surface area (TPSA) is 58.6 Å². The van der Waals surface area contributed by atoms with E-state index in [1.807, 2.05) is 31.2 Å². The fourth-order valence-electron chi connectivity index (χ4n) is 2.64. The Morgan fingerprint density at radius 1 is 1.35 bits per heavy atom. The highest BCUT2D eigenvalue weighted by Crippen LogP contribution is 2.20. The number of hydrogen-bond donors (Lipinski definition) is 1. The molecular weight excluding hydrogens is 312 g/mol. The maximum absolute atomic E-state index is 11.5. The highest BCUT2D eigenvalue weighted by molar-refractivity contribution is 7.88. The molecule has 1 saturated heterocycles. The van der Waals surface area contributed by atoms with Gasteiger partial charge in [0, 0.05) is 31.2 Å². The zero-order valence-corrected chi connectivity index (χ0v) is 14.7. The van der Waals surface area contributed by atoms with Gasteiger partial charge in [-0.05, 0) is 31.4 Å². The summed E-state index contributed by atoms with van der Waals surface area (Å²) in [5.74, 6) is 0.872. The molecule has 1 heterocycles. The van der Waals surface area contributed by atoms with Gasteiger partial charge in [-0.3, -0.25) is 0 Å². The molecule has 1 aromatic carbocycles. The summed E-state index contributed by atoms with van der Waals surface area (Å²) in [6.07, 6.45) is 2.94. The average Bonchev–Trinajstić information content (AvgIpc) is 2.51. The number of sulfonamides is 1. The van der Waals surface area contributed by atoms with Crippen LogP contribution in [0.4, 0.5) is 0 Å². The number of benzene rings is 1. The van der Waals surface area contributed by atoms with E-state index in [-0.39, 0.29) is 0 Å². The first-order valence-corrected chi connectivity index (χ1v) is 9.74. The number of nitrogens with one attached hydrogen (secondary N) is 1. The molecule has 0 spiro atoms. The van der Waals surface area contributed by atoms with Gasteiger partial charge in [0.15, 0.2) is 0 Å². The largest absolute Gasteiger partial charge is 0.489 e. The SMILES string of the molecule is C=C(C)COc1ccccc1CNC1CCN(S(C)(=O)=O)CC1. The van der Waals surface area contributed by atoms with E-state index in [0.717, 1.165) is 36.3 Å². The van der Waals surface area contributed by atoms with Gasteiger partial charge in [0.2, 0.25) is 10.0 Å². The van der Waals surface area contributed by atoms with E-state index in [1.165, 1.54) is 6.26 Å². The van der Waals surface area contributed by atoms with Crippen molar-refractivity contribution in [1.29, 1.82) is 0 Å². The molecule has 0 radical (unpaired) electrons. The summed E-state index contributed by atoms with van der Waals surface area (Å²) < 4.78 is 30.4. The molecule has 5 nitrogen and oxygen atoms in total. The van der Waals surface area contributed by atoms with Crippen LogP contribution in [0.25, 0.3) is 0 Å². The molecule has 128 valence electrons. The van der Waals surface area contributed by atoms with Gasteiger partial charge in [0.1, 0.15) is 12.4 Å². The summed E-state index contributed by atoms with van der Waals surface area (Å²) in [6.45, 7) is 8.20. The van der Waals surface area contributed by atoms with Crippen LogP contribution in [0.3, 0.4) is 0 Å². The van der Waals surface area contributed by atoms with Crippen molar-refractivity contribution in [3.63, 3.8) is 0 Å². The Kier molecular flexibility index (Phi) is 6.21. The highest BCUT2D eigenvalue weighted by atomic mass is 32.2. The molecule has 23 heavy (non-hydrogen) atoms. The van der Waals surface area contributed by atoms with Crippen LogP contribution < -0.4 is 10.1 Å². The third-order valence-electron chi connectivity index (χ3n) is 3.95. The van der Waals surface area contributed by atoms with E-state index in [9.17, 15) is 8.42 Å². The molecule has 0 saturated carbocycles. The lowest BCUT2D eigenvalue weighted by Crippen LogP contribution is -2.44. The van der Waals surface area contributed by atoms with E-state index < -0.39 is 10.0 Å². The third-order valence-corrected chi connectivity index (χ3v) is 5.25. The average molecular weight is 338 g/mol. The minimum Gasteiger partial charge on any atom is -0.489 e. The predicted octanol–water partition coefficient (Wildman–Crippen LogP) is 2.16. The fourth-order valence-corrected chi connectivity index (χ4v) is 3.51. The fraction of sp³-hybridized carbons (Fsp3) is 0.529. The minimum atomic E-state index is -3.06. The van der Waals surface area contributed by atoms with Gasteiger partial charge in [-0.1, -0.05) is 24.8 Å². The Labute approximate surface area is 139 Å². The van der Waals surface area contributed by atoms with Gasteiger partial charge in [0.25, 0.3) is 0 Å². The standard InChI is InChI=1S/C17H26N2O3S/c1-14(2)13-22-17-7-5-4-6-15(17)12-18-16-8-10-19(11-9-16)23(3,20)21/h4-7,16,18H,1,8-13H2,2-3H3. The monoisotopic (exact) mass is 338 g/mol. The second-order valence-corrected chi connectivity index (χ2v) is 8.15. The van der Waals surface area contributed by atoms with Gasteiger partial charge in [-0.15, -0.1) is 0 Å². The summed E-state index contributed by atoms with van der Waals surface area (Å²) in [5.41, 5.74) is 2.10. The van der Waals surface area contributed by atoms with Crippen molar-refractivity contribution in [2.75, 3.05) is 26.0 Å². The Bertz CT molecular complexity index is 635. The van der Waals surface area contributed by atoms with Crippen molar-refractivity contribution in [2.24, 2.45) is 0 Å². The Balaban J connectivity index is 1.86. The molecule has 0 bridgehead atoms. The molecule has 0 unspecified atom stereocenters. The first kappa shape index (κ1) is 18.0. The summed E-state index contributed by atoms with van der Waals surface area (Å²) in [6, 6.07) is 8.30. The molecular formula is C17H26N2O3S. The van der Waals surface area contributed by atoms with Crippen molar-refractivity contribution in [2.45, 2.75) is 32.4 Å². The van der Waals surface area contributed by atoms with Crippen molar-refractivity contribution in [3.8, 4) is 5.75 Å². The van der Waals surface area contributed by atoms with Crippen LogP contribution in [0.1, 0.15) is 25.3 Å².